The summed E-state index contributed by atoms with van der Waals surface area (Å²) in [5, 5.41) is 9.05. The van der Waals surface area contributed by atoms with Crippen LogP contribution in [0.4, 0.5) is 0 Å². The summed E-state index contributed by atoms with van der Waals surface area (Å²) in [5.74, 6) is 0.280. The predicted octanol–water partition coefficient (Wildman–Crippen LogP) is 0.421. The number of aliphatic hydroxyl groups is 1. The molecule has 5 nitrogen and oxygen atoms in total. The first-order chi connectivity index (χ1) is 8.14. The fourth-order valence-corrected chi connectivity index (χ4v) is 4.30. The van der Waals surface area contributed by atoms with Gasteiger partial charge in [-0.15, -0.1) is 0 Å². The van der Waals surface area contributed by atoms with Crippen molar-refractivity contribution in [2.75, 3.05) is 32.8 Å². The zero-order valence-corrected chi connectivity index (χ0v) is 11.0. The number of nitrogens with zero attached hydrogens (tertiary/aromatic N) is 2. The summed E-state index contributed by atoms with van der Waals surface area (Å²) in [6, 6.07) is 0. The Morgan fingerprint density at radius 2 is 1.47 bits per heavy atom. The van der Waals surface area contributed by atoms with E-state index in [2.05, 4.69) is 0 Å². The van der Waals surface area contributed by atoms with E-state index in [1.807, 2.05) is 0 Å². The van der Waals surface area contributed by atoms with Crippen LogP contribution in [0, 0.1) is 5.92 Å². The van der Waals surface area contributed by atoms with E-state index in [0.29, 0.717) is 26.2 Å². The van der Waals surface area contributed by atoms with Gasteiger partial charge in [0.2, 0.25) is 0 Å². The highest BCUT2D eigenvalue weighted by Crippen LogP contribution is 2.22. The topological polar surface area (TPSA) is 60.9 Å². The minimum absolute atomic E-state index is 0.178. The van der Waals surface area contributed by atoms with Crippen molar-refractivity contribution in [2.24, 2.45) is 5.92 Å². The van der Waals surface area contributed by atoms with Gasteiger partial charge in [-0.25, -0.2) is 0 Å². The molecular formula is C11H22N2O3S. The van der Waals surface area contributed by atoms with E-state index in [1.165, 1.54) is 0 Å². The molecule has 0 atom stereocenters. The van der Waals surface area contributed by atoms with Crippen molar-refractivity contribution in [3.8, 4) is 0 Å². The van der Waals surface area contributed by atoms with Crippen LogP contribution < -0.4 is 0 Å². The zero-order chi connectivity index (χ0) is 12.3. The maximum atomic E-state index is 12.3. The lowest BCUT2D eigenvalue weighted by atomic mass is 10.00. The first-order valence-corrected chi connectivity index (χ1v) is 7.90. The molecule has 2 fully saturated rings. The first-order valence-electron chi connectivity index (χ1n) is 6.50. The molecule has 17 heavy (non-hydrogen) atoms. The molecule has 0 aliphatic carbocycles. The van der Waals surface area contributed by atoms with E-state index < -0.39 is 10.2 Å². The number of aliphatic hydroxyl groups excluding tert-OH is 1. The van der Waals surface area contributed by atoms with Crippen LogP contribution in [0.15, 0.2) is 0 Å². The fourth-order valence-electron chi connectivity index (χ4n) is 2.58. The van der Waals surface area contributed by atoms with Crippen LogP contribution in [-0.2, 0) is 10.2 Å². The van der Waals surface area contributed by atoms with Crippen molar-refractivity contribution in [3.63, 3.8) is 0 Å². The molecule has 0 spiro atoms. The minimum atomic E-state index is -3.23. The number of hydrogen-bond donors (Lipinski definition) is 1. The molecule has 0 amide bonds. The molecule has 2 saturated heterocycles. The van der Waals surface area contributed by atoms with Crippen LogP contribution in [0.25, 0.3) is 0 Å². The molecular weight excluding hydrogens is 240 g/mol. The Bertz CT molecular complexity index is 331. The summed E-state index contributed by atoms with van der Waals surface area (Å²) >= 11 is 0. The Morgan fingerprint density at radius 1 is 0.941 bits per heavy atom. The number of hydrogen-bond acceptors (Lipinski definition) is 3. The molecule has 1 N–H and O–H groups in total. The minimum Gasteiger partial charge on any atom is -0.396 e. The lowest BCUT2D eigenvalue weighted by Crippen LogP contribution is -2.48. The quantitative estimate of drug-likeness (QED) is 0.802. The second-order valence-corrected chi connectivity index (χ2v) is 6.92. The van der Waals surface area contributed by atoms with Gasteiger partial charge < -0.3 is 5.11 Å². The average molecular weight is 262 g/mol. The molecule has 2 aliphatic rings. The molecule has 0 unspecified atom stereocenters. The van der Waals surface area contributed by atoms with Crippen LogP contribution in [0.2, 0.25) is 0 Å². The van der Waals surface area contributed by atoms with Gasteiger partial charge in [0.05, 0.1) is 0 Å². The Kier molecular flexibility index (Phi) is 4.41. The van der Waals surface area contributed by atoms with Crippen LogP contribution in [-0.4, -0.2) is 54.9 Å². The molecule has 0 saturated carbocycles. The van der Waals surface area contributed by atoms with Gasteiger partial charge in [-0.3, -0.25) is 0 Å². The lowest BCUT2D eigenvalue weighted by molar-refractivity contribution is 0.165. The van der Waals surface area contributed by atoms with Crippen molar-refractivity contribution in [1.82, 2.24) is 8.61 Å². The molecule has 2 aliphatic heterocycles. The largest absolute Gasteiger partial charge is 0.396 e. The van der Waals surface area contributed by atoms with E-state index >= 15 is 0 Å². The Hall–Kier alpha value is -0.170. The van der Waals surface area contributed by atoms with Crippen LogP contribution >= 0.6 is 0 Å². The van der Waals surface area contributed by atoms with Crippen molar-refractivity contribution < 1.29 is 13.5 Å². The summed E-state index contributed by atoms with van der Waals surface area (Å²) in [6.45, 7) is 2.64. The molecule has 0 radical (unpaired) electrons. The van der Waals surface area contributed by atoms with Crippen LogP contribution in [0.1, 0.15) is 32.1 Å². The van der Waals surface area contributed by atoms with E-state index in [1.54, 1.807) is 8.61 Å². The number of rotatable bonds is 3. The standard InChI is InChI=1S/C11H22N2O3S/c14-10-11-4-8-13(9-5-11)17(15,16)12-6-2-1-3-7-12/h11,14H,1-10H2. The molecule has 0 aromatic rings. The maximum absolute atomic E-state index is 12.3. The van der Waals surface area contributed by atoms with Gasteiger partial charge >= 0.3 is 0 Å². The molecule has 0 bridgehead atoms. The second-order valence-electron chi connectivity index (χ2n) is 4.99. The first kappa shape index (κ1) is 13.3. The average Bonchev–Trinajstić information content (AvgIpc) is 2.40. The van der Waals surface area contributed by atoms with Crippen molar-refractivity contribution >= 4 is 10.2 Å². The van der Waals surface area contributed by atoms with Crippen LogP contribution in [0.3, 0.4) is 0 Å². The highest BCUT2D eigenvalue weighted by atomic mass is 32.2. The molecule has 2 rings (SSSR count). The van der Waals surface area contributed by atoms with Crippen molar-refractivity contribution in [1.29, 1.82) is 0 Å². The SMILES string of the molecule is O=S(=O)(N1CCCCC1)N1CCC(CO)CC1. The predicted molar refractivity (Wildman–Crippen MR) is 65.7 cm³/mol. The third-order valence-electron chi connectivity index (χ3n) is 3.80. The van der Waals surface area contributed by atoms with Gasteiger partial charge in [0.1, 0.15) is 0 Å². The molecule has 2 heterocycles. The molecule has 0 aromatic heterocycles. The molecule has 6 heteroatoms. The highest BCUT2D eigenvalue weighted by Gasteiger charge is 2.33. The fraction of sp³-hybridized carbons (Fsp3) is 1.00. The van der Waals surface area contributed by atoms with Gasteiger partial charge in [-0.2, -0.15) is 17.0 Å². The Balaban J connectivity index is 1.96. The van der Waals surface area contributed by atoms with Gasteiger partial charge in [-0.1, -0.05) is 6.42 Å². The van der Waals surface area contributed by atoms with Gasteiger partial charge in [0.25, 0.3) is 10.2 Å². The monoisotopic (exact) mass is 262 g/mol. The van der Waals surface area contributed by atoms with Gasteiger partial charge in [-0.05, 0) is 31.6 Å². The summed E-state index contributed by atoms with van der Waals surface area (Å²) in [6.07, 6.45) is 4.66. The summed E-state index contributed by atoms with van der Waals surface area (Å²) in [4.78, 5) is 0. The smallest absolute Gasteiger partial charge is 0.281 e. The number of piperidine rings is 2. The lowest BCUT2D eigenvalue weighted by Gasteiger charge is -2.35. The third kappa shape index (κ3) is 2.99. The van der Waals surface area contributed by atoms with E-state index in [4.69, 9.17) is 5.11 Å². The van der Waals surface area contributed by atoms with Gasteiger partial charge in [0, 0.05) is 32.8 Å². The highest BCUT2D eigenvalue weighted by molar-refractivity contribution is 7.86. The summed E-state index contributed by atoms with van der Waals surface area (Å²) in [5.41, 5.74) is 0. The van der Waals surface area contributed by atoms with E-state index in [0.717, 1.165) is 32.1 Å². The zero-order valence-electron chi connectivity index (χ0n) is 10.2. The maximum Gasteiger partial charge on any atom is 0.281 e. The van der Waals surface area contributed by atoms with E-state index in [9.17, 15) is 8.42 Å². The summed E-state index contributed by atoms with van der Waals surface area (Å²) < 4.78 is 27.9. The van der Waals surface area contributed by atoms with Crippen molar-refractivity contribution in [3.05, 3.63) is 0 Å². The Labute approximate surface area is 104 Å². The molecule has 0 aromatic carbocycles. The van der Waals surface area contributed by atoms with Gasteiger partial charge in [0.15, 0.2) is 0 Å². The van der Waals surface area contributed by atoms with E-state index in [-0.39, 0.29) is 12.5 Å². The second kappa shape index (κ2) is 5.65. The van der Waals surface area contributed by atoms with Crippen molar-refractivity contribution in [2.45, 2.75) is 32.1 Å². The normalized spacial score (nSPS) is 26.2. The summed E-state index contributed by atoms with van der Waals surface area (Å²) in [7, 11) is -3.23. The Morgan fingerprint density at radius 3 is 2.00 bits per heavy atom. The third-order valence-corrected chi connectivity index (χ3v) is 5.83. The van der Waals surface area contributed by atoms with Crippen LogP contribution in [0.5, 0.6) is 0 Å². The molecule has 100 valence electrons.